The van der Waals surface area contributed by atoms with Gasteiger partial charge in [-0.05, 0) is 79.4 Å². The van der Waals surface area contributed by atoms with E-state index >= 15 is 0 Å². The van der Waals surface area contributed by atoms with Crippen molar-refractivity contribution in [3.05, 3.63) is 92.8 Å². The zero-order valence-corrected chi connectivity index (χ0v) is 25.4. The molecule has 0 amide bonds. The van der Waals surface area contributed by atoms with Crippen molar-refractivity contribution in [3.63, 3.8) is 0 Å². The molecule has 43 heavy (non-hydrogen) atoms. The third-order valence-corrected chi connectivity index (χ3v) is 8.14. The van der Waals surface area contributed by atoms with E-state index in [2.05, 4.69) is 9.97 Å². The molecule has 0 fully saturated rings. The van der Waals surface area contributed by atoms with Gasteiger partial charge in [-0.2, -0.15) is 0 Å². The summed E-state index contributed by atoms with van der Waals surface area (Å²) in [6.45, 7) is 10.2. The van der Waals surface area contributed by atoms with Gasteiger partial charge in [0.1, 0.15) is 17.6 Å². The Balaban J connectivity index is 0.000000203. The molecule has 3 aromatic rings. The number of ketones is 4. The summed E-state index contributed by atoms with van der Waals surface area (Å²) in [4.78, 5) is 57.0. The Labute approximate surface area is 249 Å². The molecule has 1 aromatic carbocycles. The van der Waals surface area contributed by atoms with Crippen LogP contribution in [0.1, 0.15) is 79.0 Å². The number of nitrogens with zero attached hydrogens (tertiary/aromatic N) is 2. The molecule has 0 saturated carbocycles. The highest BCUT2D eigenvalue weighted by Crippen LogP contribution is 2.29. The summed E-state index contributed by atoms with van der Waals surface area (Å²) in [7, 11) is 0. The van der Waals surface area contributed by atoms with E-state index in [1.54, 1.807) is 53.8 Å². The van der Waals surface area contributed by atoms with Crippen molar-refractivity contribution in [2.75, 3.05) is 0 Å². The first-order valence-electron chi connectivity index (χ1n) is 14.3. The molecule has 2 heterocycles. The van der Waals surface area contributed by atoms with Gasteiger partial charge >= 0.3 is 0 Å². The molecule has 0 aliphatic heterocycles. The van der Waals surface area contributed by atoms with E-state index in [4.69, 9.17) is 8.83 Å². The molecule has 0 bridgehead atoms. The molecule has 5 rings (SSSR count). The standard InChI is InChI=1S/C19H18FNO3.C15H17NO3/c1-10-11(2)19(23)14(12(3)18(10)22)5-4-6-17-21-15-8-7-13(20)9-16(15)24-17;1-9-10(2)15(18)12(11(3)14(9)17)5-4-6-13-16-7-8-19-13/h7-9H,4-6H2,1-3H3;7-8H,4-6H2,1-3H3. The minimum absolute atomic E-state index is 0.00186. The summed E-state index contributed by atoms with van der Waals surface area (Å²) in [6.07, 6.45) is 6.80. The van der Waals surface area contributed by atoms with Crippen LogP contribution >= 0.6 is 0 Å². The molecule has 0 saturated heterocycles. The number of oxazole rings is 2. The van der Waals surface area contributed by atoms with Crippen LogP contribution in [-0.2, 0) is 32.0 Å². The molecular weight excluding hydrogens is 551 g/mol. The number of hydrogen-bond acceptors (Lipinski definition) is 8. The number of carbonyl (C=O) groups excluding carboxylic acids is 4. The number of hydrogen-bond donors (Lipinski definition) is 0. The molecule has 2 aliphatic rings. The molecule has 0 atom stereocenters. The summed E-state index contributed by atoms with van der Waals surface area (Å²) < 4.78 is 23.8. The molecule has 9 heteroatoms. The van der Waals surface area contributed by atoms with Gasteiger partial charge < -0.3 is 8.83 Å². The highest BCUT2D eigenvalue weighted by molar-refractivity contribution is 6.25. The minimum atomic E-state index is -0.366. The normalized spacial score (nSPS) is 16.2. The number of Topliss-reactive ketones (excluding diaryl/α,β-unsaturated/α-hetero) is 4. The molecular formula is C34H35FN2O6. The summed E-state index contributed by atoms with van der Waals surface area (Å²) in [6, 6.07) is 4.22. The molecule has 2 aromatic heterocycles. The topological polar surface area (TPSA) is 120 Å². The maximum absolute atomic E-state index is 13.2. The van der Waals surface area contributed by atoms with Gasteiger partial charge in [0, 0.05) is 63.5 Å². The minimum Gasteiger partial charge on any atom is -0.449 e. The lowest BCUT2D eigenvalue weighted by atomic mass is 9.84. The van der Waals surface area contributed by atoms with Crippen LogP contribution in [0.2, 0.25) is 0 Å². The highest BCUT2D eigenvalue weighted by Gasteiger charge is 2.28. The second-order valence-electron chi connectivity index (χ2n) is 10.9. The lowest BCUT2D eigenvalue weighted by molar-refractivity contribution is -0.116. The fourth-order valence-corrected chi connectivity index (χ4v) is 5.18. The number of fused-ring (bicyclic) bond motifs is 1. The van der Waals surface area contributed by atoms with Crippen molar-refractivity contribution in [1.29, 1.82) is 0 Å². The maximum Gasteiger partial charge on any atom is 0.195 e. The predicted octanol–water partition coefficient (Wildman–Crippen LogP) is 6.90. The summed E-state index contributed by atoms with van der Waals surface area (Å²) in [5.74, 6) is 0.687. The summed E-state index contributed by atoms with van der Waals surface area (Å²) in [5, 5.41) is 0. The van der Waals surface area contributed by atoms with Crippen LogP contribution in [0.5, 0.6) is 0 Å². The van der Waals surface area contributed by atoms with E-state index in [1.165, 1.54) is 18.4 Å². The first kappa shape index (κ1) is 31.4. The van der Waals surface area contributed by atoms with Crippen LogP contribution in [0, 0.1) is 5.82 Å². The second kappa shape index (κ2) is 13.2. The van der Waals surface area contributed by atoms with Crippen molar-refractivity contribution < 1.29 is 32.4 Å². The average molecular weight is 587 g/mol. The Kier molecular flexibility index (Phi) is 9.63. The Morgan fingerprint density at radius 1 is 0.651 bits per heavy atom. The van der Waals surface area contributed by atoms with E-state index in [9.17, 15) is 23.6 Å². The van der Waals surface area contributed by atoms with Gasteiger partial charge in [-0.25, -0.2) is 14.4 Å². The van der Waals surface area contributed by atoms with Crippen molar-refractivity contribution in [2.24, 2.45) is 0 Å². The van der Waals surface area contributed by atoms with Crippen LogP contribution < -0.4 is 0 Å². The maximum atomic E-state index is 13.2. The first-order valence-corrected chi connectivity index (χ1v) is 14.3. The summed E-state index contributed by atoms with van der Waals surface area (Å²) in [5.41, 5.74) is 5.55. The molecule has 0 radical (unpaired) electrons. The van der Waals surface area contributed by atoms with Crippen LogP contribution in [0.4, 0.5) is 4.39 Å². The quantitative estimate of drug-likeness (QED) is 0.262. The van der Waals surface area contributed by atoms with Crippen LogP contribution in [-0.4, -0.2) is 33.1 Å². The zero-order valence-electron chi connectivity index (χ0n) is 25.4. The van der Waals surface area contributed by atoms with Gasteiger partial charge in [0.25, 0.3) is 0 Å². The highest BCUT2D eigenvalue weighted by atomic mass is 19.1. The third kappa shape index (κ3) is 6.77. The average Bonchev–Trinajstić information content (AvgIpc) is 3.66. The van der Waals surface area contributed by atoms with E-state index in [0.29, 0.717) is 99.6 Å². The van der Waals surface area contributed by atoms with E-state index in [1.807, 2.05) is 0 Å². The smallest absolute Gasteiger partial charge is 0.195 e. The molecule has 224 valence electrons. The molecule has 0 N–H and O–H groups in total. The van der Waals surface area contributed by atoms with Gasteiger partial charge in [-0.1, -0.05) is 0 Å². The Morgan fingerprint density at radius 3 is 1.67 bits per heavy atom. The number of aromatic nitrogens is 2. The van der Waals surface area contributed by atoms with E-state index in [0.717, 1.165) is 6.42 Å². The Bertz CT molecular complexity index is 1750. The third-order valence-electron chi connectivity index (χ3n) is 8.14. The first-order chi connectivity index (χ1) is 20.4. The monoisotopic (exact) mass is 586 g/mol. The second-order valence-corrected chi connectivity index (χ2v) is 10.9. The number of aryl methyl sites for hydroxylation is 2. The molecule has 0 spiro atoms. The van der Waals surface area contributed by atoms with Crippen LogP contribution in [0.3, 0.4) is 0 Å². The lowest BCUT2D eigenvalue weighted by Crippen LogP contribution is -2.20. The Hall–Kier alpha value is -4.53. The molecule has 0 unspecified atom stereocenters. The van der Waals surface area contributed by atoms with Gasteiger partial charge in [-0.3, -0.25) is 19.2 Å². The van der Waals surface area contributed by atoms with Crippen molar-refractivity contribution >= 4 is 34.2 Å². The van der Waals surface area contributed by atoms with Gasteiger partial charge in [-0.15, -0.1) is 0 Å². The molecule has 2 aliphatic carbocycles. The fourth-order valence-electron chi connectivity index (χ4n) is 5.18. The number of allylic oxidation sites excluding steroid dienone is 8. The number of benzene rings is 1. The van der Waals surface area contributed by atoms with E-state index < -0.39 is 0 Å². The SMILES string of the molecule is CC1=C(C)C(=O)C(CCCc2nc3ccc(F)cc3o2)=C(C)C1=O.CC1=C(C)C(=O)C(CCCc2ncco2)=C(C)C1=O. The van der Waals surface area contributed by atoms with Gasteiger partial charge in [0.05, 0.1) is 6.20 Å². The van der Waals surface area contributed by atoms with Gasteiger partial charge in [0.2, 0.25) is 0 Å². The largest absolute Gasteiger partial charge is 0.449 e. The number of halogens is 1. The zero-order chi connectivity index (χ0) is 31.4. The van der Waals surface area contributed by atoms with E-state index in [-0.39, 0.29) is 29.0 Å². The lowest BCUT2D eigenvalue weighted by Gasteiger charge is -2.18. The number of rotatable bonds is 8. The predicted molar refractivity (Wildman–Crippen MR) is 159 cm³/mol. The van der Waals surface area contributed by atoms with Gasteiger partial charge in [0.15, 0.2) is 40.5 Å². The molecule has 8 nitrogen and oxygen atoms in total. The van der Waals surface area contributed by atoms with Crippen LogP contribution in [0.25, 0.3) is 11.1 Å². The van der Waals surface area contributed by atoms with Crippen molar-refractivity contribution in [2.45, 2.75) is 80.1 Å². The Morgan fingerprint density at radius 2 is 1.16 bits per heavy atom. The van der Waals surface area contributed by atoms with Crippen molar-refractivity contribution in [3.8, 4) is 0 Å². The number of carbonyl (C=O) groups is 4. The summed E-state index contributed by atoms with van der Waals surface area (Å²) >= 11 is 0. The van der Waals surface area contributed by atoms with Crippen LogP contribution in [0.15, 0.2) is 84.1 Å². The fraction of sp³-hybridized carbons (Fsp3) is 0.353. The van der Waals surface area contributed by atoms with Crippen molar-refractivity contribution in [1.82, 2.24) is 9.97 Å².